The molecule has 0 aliphatic heterocycles. The van der Waals surface area contributed by atoms with Crippen LogP contribution in [-0.2, 0) is 0 Å². The molecule has 0 atom stereocenters. The van der Waals surface area contributed by atoms with Gasteiger partial charge in [0.2, 0.25) is 5.95 Å². The molecule has 1 fully saturated rings. The van der Waals surface area contributed by atoms with E-state index in [1.54, 1.807) is 25.3 Å². The monoisotopic (exact) mass is 346 g/mol. The Morgan fingerprint density at radius 2 is 1.96 bits per heavy atom. The van der Waals surface area contributed by atoms with Crippen LogP contribution in [0.4, 0.5) is 11.6 Å². The Morgan fingerprint density at radius 3 is 2.62 bits per heavy atom. The molecule has 7 heteroatoms. The van der Waals surface area contributed by atoms with E-state index in [1.807, 2.05) is 0 Å². The average Bonchev–Trinajstić information content (AvgIpc) is 3.09. The van der Waals surface area contributed by atoms with E-state index in [9.17, 15) is 4.79 Å². The lowest BCUT2D eigenvalue weighted by Gasteiger charge is -2.12. The zero-order chi connectivity index (χ0) is 16.9. The summed E-state index contributed by atoms with van der Waals surface area (Å²) in [6, 6.07) is 5.49. The van der Waals surface area contributed by atoms with Crippen molar-refractivity contribution in [3.8, 4) is 5.75 Å². The second-order valence-electron chi connectivity index (χ2n) is 5.72. The van der Waals surface area contributed by atoms with Crippen LogP contribution in [0, 0.1) is 0 Å². The zero-order valence-electron chi connectivity index (χ0n) is 13.4. The summed E-state index contributed by atoms with van der Waals surface area (Å²) >= 11 is 6.00. The molecule has 0 spiro atoms. The summed E-state index contributed by atoms with van der Waals surface area (Å²) in [5.41, 5.74) is 1.11. The first kappa shape index (κ1) is 16.5. The number of amides is 1. The third-order valence-corrected chi connectivity index (χ3v) is 4.25. The molecule has 1 aliphatic rings. The van der Waals surface area contributed by atoms with E-state index in [1.165, 1.54) is 25.2 Å². The van der Waals surface area contributed by atoms with Gasteiger partial charge in [0.25, 0.3) is 5.91 Å². The van der Waals surface area contributed by atoms with Crippen molar-refractivity contribution in [1.29, 1.82) is 0 Å². The molecule has 1 aliphatic carbocycles. The topological polar surface area (TPSA) is 76.1 Å². The molecule has 0 saturated heterocycles. The van der Waals surface area contributed by atoms with Gasteiger partial charge in [-0.05, 0) is 31.0 Å². The van der Waals surface area contributed by atoms with Crippen molar-refractivity contribution < 1.29 is 9.53 Å². The lowest BCUT2D eigenvalue weighted by Crippen LogP contribution is -2.32. The smallest absolute Gasteiger partial charge is 0.254 e. The predicted octanol–water partition coefficient (Wildman–Crippen LogP) is 3.55. The van der Waals surface area contributed by atoms with Crippen molar-refractivity contribution >= 4 is 29.1 Å². The largest absolute Gasteiger partial charge is 0.495 e. The van der Waals surface area contributed by atoms with Crippen LogP contribution in [0.3, 0.4) is 0 Å². The first-order valence-electron chi connectivity index (χ1n) is 7.89. The molecule has 3 rings (SSSR count). The molecule has 0 bridgehead atoms. The van der Waals surface area contributed by atoms with E-state index in [4.69, 9.17) is 16.3 Å². The normalized spacial score (nSPS) is 14.4. The number of benzene rings is 1. The van der Waals surface area contributed by atoms with E-state index in [-0.39, 0.29) is 11.9 Å². The van der Waals surface area contributed by atoms with Gasteiger partial charge in [0.15, 0.2) is 0 Å². The Morgan fingerprint density at radius 1 is 1.25 bits per heavy atom. The molecule has 6 nitrogen and oxygen atoms in total. The van der Waals surface area contributed by atoms with E-state index in [2.05, 4.69) is 20.6 Å². The van der Waals surface area contributed by atoms with Gasteiger partial charge in [-0.3, -0.25) is 4.79 Å². The fourth-order valence-electron chi connectivity index (χ4n) is 2.75. The van der Waals surface area contributed by atoms with Gasteiger partial charge in [-0.1, -0.05) is 24.4 Å². The van der Waals surface area contributed by atoms with Crippen molar-refractivity contribution in [2.45, 2.75) is 31.7 Å². The number of rotatable bonds is 5. The number of hydrogen-bond donors (Lipinski definition) is 2. The minimum atomic E-state index is -0.131. The molecule has 0 radical (unpaired) electrons. The van der Waals surface area contributed by atoms with E-state index >= 15 is 0 Å². The molecule has 2 N–H and O–H groups in total. The SMILES string of the molecule is COc1ccc(Cl)cc1Nc1ncc(C(=O)NC2CCCC2)cn1. The summed E-state index contributed by atoms with van der Waals surface area (Å²) in [6.07, 6.45) is 7.45. The van der Waals surface area contributed by atoms with Gasteiger partial charge in [0.1, 0.15) is 5.75 Å². The maximum absolute atomic E-state index is 12.2. The van der Waals surface area contributed by atoms with Crippen LogP contribution in [0.25, 0.3) is 0 Å². The highest BCUT2D eigenvalue weighted by molar-refractivity contribution is 6.31. The molecule has 24 heavy (non-hydrogen) atoms. The van der Waals surface area contributed by atoms with Gasteiger partial charge >= 0.3 is 0 Å². The van der Waals surface area contributed by atoms with Crippen molar-refractivity contribution in [2.75, 3.05) is 12.4 Å². The standard InChI is InChI=1S/C17H19ClN4O2/c1-24-15-7-6-12(18)8-14(15)22-17-19-9-11(10-20-17)16(23)21-13-4-2-3-5-13/h6-10,13H,2-5H2,1H3,(H,21,23)(H,19,20,22). The number of nitrogens with one attached hydrogen (secondary N) is 2. The molecule has 1 heterocycles. The Bertz CT molecular complexity index is 715. The van der Waals surface area contributed by atoms with Gasteiger partial charge < -0.3 is 15.4 Å². The minimum absolute atomic E-state index is 0.131. The fourth-order valence-corrected chi connectivity index (χ4v) is 2.92. The molecular weight excluding hydrogens is 328 g/mol. The number of anilines is 2. The lowest BCUT2D eigenvalue weighted by molar-refractivity contribution is 0.0937. The number of nitrogens with zero attached hydrogens (tertiary/aromatic N) is 2. The molecule has 2 aromatic rings. The Hall–Kier alpha value is -2.34. The minimum Gasteiger partial charge on any atom is -0.495 e. The Labute approximate surface area is 145 Å². The maximum atomic E-state index is 12.2. The Kier molecular flexibility index (Phi) is 5.15. The second kappa shape index (κ2) is 7.49. The van der Waals surface area contributed by atoms with Gasteiger partial charge in [0.05, 0.1) is 18.4 Å². The summed E-state index contributed by atoms with van der Waals surface area (Å²) in [4.78, 5) is 20.6. The molecule has 1 aromatic heterocycles. The highest BCUT2D eigenvalue weighted by Crippen LogP contribution is 2.29. The van der Waals surface area contributed by atoms with E-state index < -0.39 is 0 Å². The summed E-state index contributed by atoms with van der Waals surface area (Å²) in [5, 5.41) is 6.63. The first-order chi connectivity index (χ1) is 11.7. The number of hydrogen-bond acceptors (Lipinski definition) is 5. The molecule has 126 valence electrons. The lowest BCUT2D eigenvalue weighted by atomic mass is 10.2. The molecule has 1 amide bonds. The highest BCUT2D eigenvalue weighted by Gasteiger charge is 2.18. The highest BCUT2D eigenvalue weighted by atomic mass is 35.5. The third-order valence-electron chi connectivity index (χ3n) is 4.01. The molecule has 1 saturated carbocycles. The molecule has 0 unspecified atom stereocenters. The zero-order valence-corrected chi connectivity index (χ0v) is 14.1. The van der Waals surface area contributed by atoms with Gasteiger partial charge in [-0.25, -0.2) is 9.97 Å². The van der Waals surface area contributed by atoms with Gasteiger partial charge in [0, 0.05) is 23.5 Å². The number of carbonyl (C=O) groups excluding carboxylic acids is 1. The van der Waals surface area contributed by atoms with Gasteiger partial charge in [-0.2, -0.15) is 0 Å². The van der Waals surface area contributed by atoms with Crippen molar-refractivity contribution in [2.24, 2.45) is 0 Å². The van der Waals surface area contributed by atoms with Crippen molar-refractivity contribution in [1.82, 2.24) is 15.3 Å². The number of aromatic nitrogens is 2. The van der Waals surface area contributed by atoms with Crippen molar-refractivity contribution in [3.63, 3.8) is 0 Å². The number of carbonyl (C=O) groups is 1. The predicted molar refractivity (Wildman–Crippen MR) is 93.0 cm³/mol. The van der Waals surface area contributed by atoms with Crippen molar-refractivity contribution in [3.05, 3.63) is 41.2 Å². The van der Waals surface area contributed by atoms with Crippen LogP contribution >= 0.6 is 11.6 Å². The van der Waals surface area contributed by atoms with Crippen LogP contribution in [0.2, 0.25) is 5.02 Å². The molecular formula is C17H19ClN4O2. The molecule has 1 aromatic carbocycles. The Balaban J connectivity index is 1.68. The quantitative estimate of drug-likeness (QED) is 0.865. The number of methoxy groups -OCH3 is 1. The third kappa shape index (κ3) is 3.94. The van der Waals surface area contributed by atoms with Crippen LogP contribution in [0.5, 0.6) is 5.75 Å². The summed E-state index contributed by atoms with van der Waals surface area (Å²) < 4.78 is 5.27. The average molecular weight is 347 g/mol. The number of halogens is 1. The second-order valence-corrected chi connectivity index (χ2v) is 6.16. The fraction of sp³-hybridized carbons (Fsp3) is 0.353. The van der Waals surface area contributed by atoms with Crippen LogP contribution in [0.1, 0.15) is 36.0 Å². The maximum Gasteiger partial charge on any atom is 0.254 e. The van der Waals surface area contributed by atoms with Crippen LogP contribution in [0.15, 0.2) is 30.6 Å². The van der Waals surface area contributed by atoms with Crippen LogP contribution in [-0.4, -0.2) is 29.0 Å². The number of ether oxygens (including phenoxy) is 1. The summed E-state index contributed by atoms with van der Waals surface area (Å²) in [6.45, 7) is 0. The van der Waals surface area contributed by atoms with E-state index in [0.29, 0.717) is 28.0 Å². The summed E-state index contributed by atoms with van der Waals surface area (Å²) in [7, 11) is 1.58. The first-order valence-corrected chi connectivity index (χ1v) is 8.27. The van der Waals surface area contributed by atoms with E-state index in [0.717, 1.165) is 12.8 Å². The summed E-state index contributed by atoms with van der Waals surface area (Å²) in [5.74, 6) is 0.868. The van der Waals surface area contributed by atoms with Gasteiger partial charge in [-0.15, -0.1) is 0 Å². The van der Waals surface area contributed by atoms with Crippen LogP contribution < -0.4 is 15.4 Å².